The topological polar surface area (TPSA) is 42.0 Å². The summed E-state index contributed by atoms with van der Waals surface area (Å²) in [7, 11) is 0. The Morgan fingerprint density at radius 2 is 2.14 bits per heavy atom. The van der Waals surface area contributed by atoms with Gasteiger partial charge in [0, 0.05) is 29.5 Å². The Morgan fingerprint density at radius 1 is 1.29 bits per heavy atom. The third kappa shape index (κ3) is 2.84. The summed E-state index contributed by atoms with van der Waals surface area (Å²) < 4.78 is 0. The van der Waals surface area contributed by atoms with Gasteiger partial charge in [-0.05, 0) is 31.5 Å². The monoisotopic (exact) mass is 282 g/mol. The van der Waals surface area contributed by atoms with Crippen molar-refractivity contribution in [2.75, 3.05) is 13.1 Å². The highest BCUT2D eigenvalue weighted by molar-refractivity contribution is 5.88. The fraction of sp³-hybridized carbons (Fsp3) is 0.444. The van der Waals surface area contributed by atoms with Crippen molar-refractivity contribution in [2.45, 2.75) is 32.6 Å². The molecular weight excluding hydrogens is 260 g/mol. The Morgan fingerprint density at radius 3 is 2.90 bits per heavy atom. The molecule has 1 fully saturated rings. The van der Waals surface area contributed by atoms with Gasteiger partial charge in [0.25, 0.3) is 0 Å². The zero-order chi connectivity index (χ0) is 14.7. The van der Waals surface area contributed by atoms with Crippen LogP contribution in [0.15, 0.2) is 36.4 Å². The van der Waals surface area contributed by atoms with Gasteiger partial charge in [-0.25, -0.2) is 0 Å². The number of rotatable bonds is 5. The lowest BCUT2D eigenvalue weighted by molar-refractivity contribution is -0.127. The summed E-state index contributed by atoms with van der Waals surface area (Å²) in [5.74, 6) is 0.345. The number of hydrogen-bond acceptors (Lipinski definition) is 3. The summed E-state index contributed by atoms with van der Waals surface area (Å²) >= 11 is 0. The SMILES string of the molecule is CCCC1(C(=O)Cc2ccc3ccccc3n2)CCNC1. The van der Waals surface area contributed by atoms with E-state index in [0.717, 1.165) is 48.9 Å². The minimum absolute atomic E-state index is 0.165. The zero-order valence-electron chi connectivity index (χ0n) is 12.6. The molecule has 110 valence electrons. The van der Waals surface area contributed by atoms with Crippen molar-refractivity contribution in [1.29, 1.82) is 0 Å². The molecule has 1 aromatic heterocycles. The Bertz CT molecular complexity index is 644. The number of pyridine rings is 1. The average Bonchev–Trinajstić information content (AvgIpc) is 2.97. The van der Waals surface area contributed by atoms with E-state index in [1.807, 2.05) is 30.3 Å². The molecule has 3 heteroatoms. The first-order valence-electron chi connectivity index (χ1n) is 7.82. The summed E-state index contributed by atoms with van der Waals surface area (Å²) in [6, 6.07) is 12.1. The van der Waals surface area contributed by atoms with Crippen molar-refractivity contribution in [3.63, 3.8) is 0 Å². The fourth-order valence-electron chi connectivity index (χ4n) is 3.37. The van der Waals surface area contributed by atoms with Gasteiger partial charge in [0.05, 0.1) is 5.52 Å². The first-order chi connectivity index (χ1) is 10.2. The van der Waals surface area contributed by atoms with Gasteiger partial charge in [0.2, 0.25) is 0 Å². The van der Waals surface area contributed by atoms with E-state index in [-0.39, 0.29) is 5.41 Å². The van der Waals surface area contributed by atoms with Crippen molar-refractivity contribution in [3.05, 3.63) is 42.1 Å². The highest BCUT2D eigenvalue weighted by atomic mass is 16.1. The third-order valence-corrected chi connectivity index (χ3v) is 4.56. The second-order valence-electron chi connectivity index (χ2n) is 6.05. The Balaban J connectivity index is 1.82. The van der Waals surface area contributed by atoms with Crippen LogP contribution in [-0.4, -0.2) is 23.9 Å². The fourth-order valence-corrected chi connectivity index (χ4v) is 3.37. The molecule has 1 aliphatic rings. The quantitative estimate of drug-likeness (QED) is 0.916. The van der Waals surface area contributed by atoms with E-state index in [0.29, 0.717) is 12.2 Å². The minimum Gasteiger partial charge on any atom is -0.316 e. The number of benzene rings is 1. The molecule has 1 N–H and O–H groups in total. The summed E-state index contributed by atoms with van der Waals surface area (Å²) in [6.07, 6.45) is 3.45. The van der Waals surface area contributed by atoms with Gasteiger partial charge in [0.15, 0.2) is 0 Å². The van der Waals surface area contributed by atoms with E-state index in [9.17, 15) is 4.79 Å². The highest BCUT2D eigenvalue weighted by Gasteiger charge is 2.39. The number of aromatic nitrogens is 1. The van der Waals surface area contributed by atoms with E-state index in [1.54, 1.807) is 0 Å². The number of ketones is 1. The second-order valence-corrected chi connectivity index (χ2v) is 6.05. The number of carbonyl (C=O) groups excluding carboxylic acids is 1. The molecule has 2 aromatic rings. The Hall–Kier alpha value is -1.74. The maximum atomic E-state index is 12.8. The summed E-state index contributed by atoms with van der Waals surface area (Å²) in [5, 5.41) is 4.48. The first-order valence-corrected chi connectivity index (χ1v) is 7.82. The smallest absolute Gasteiger partial charge is 0.146 e. The van der Waals surface area contributed by atoms with Crippen molar-refractivity contribution < 1.29 is 4.79 Å². The molecule has 3 rings (SSSR count). The predicted molar refractivity (Wildman–Crippen MR) is 85.3 cm³/mol. The minimum atomic E-state index is -0.165. The summed E-state index contributed by atoms with van der Waals surface area (Å²) in [5.41, 5.74) is 1.69. The molecule has 0 amide bonds. The zero-order valence-corrected chi connectivity index (χ0v) is 12.6. The number of fused-ring (bicyclic) bond motifs is 1. The second kappa shape index (κ2) is 5.94. The largest absolute Gasteiger partial charge is 0.316 e. The molecule has 0 radical (unpaired) electrons. The van der Waals surface area contributed by atoms with Crippen LogP contribution in [0.2, 0.25) is 0 Å². The number of carbonyl (C=O) groups is 1. The molecule has 1 atom stereocenters. The average molecular weight is 282 g/mol. The van der Waals surface area contributed by atoms with Crippen molar-refractivity contribution in [2.24, 2.45) is 5.41 Å². The molecule has 0 aliphatic carbocycles. The van der Waals surface area contributed by atoms with Crippen LogP contribution >= 0.6 is 0 Å². The van der Waals surface area contributed by atoms with E-state index >= 15 is 0 Å². The standard InChI is InChI=1S/C18H22N2O/c1-2-9-18(10-11-19-13-18)17(21)12-15-8-7-14-5-3-4-6-16(14)20-15/h3-8,19H,2,9-13H2,1H3. The molecular formula is C18H22N2O. The molecule has 1 unspecified atom stereocenters. The van der Waals surface area contributed by atoms with Crippen LogP contribution in [0.1, 0.15) is 31.9 Å². The van der Waals surface area contributed by atoms with Gasteiger partial charge in [0.1, 0.15) is 5.78 Å². The normalized spacial score (nSPS) is 21.8. The third-order valence-electron chi connectivity index (χ3n) is 4.56. The maximum Gasteiger partial charge on any atom is 0.146 e. The van der Waals surface area contributed by atoms with Crippen molar-refractivity contribution >= 4 is 16.7 Å². The molecule has 0 spiro atoms. The number of hydrogen-bond donors (Lipinski definition) is 1. The van der Waals surface area contributed by atoms with Gasteiger partial charge in [-0.1, -0.05) is 37.6 Å². The van der Waals surface area contributed by atoms with Crippen molar-refractivity contribution in [3.8, 4) is 0 Å². The van der Waals surface area contributed by atoms with Crippen LogP contribution < -0.4 is 5.32 Å². The lowest BCUT2D eigenvalue weighted by Crippen LogP contribution is -2.34. The summed E-state index contributed by atoms with van der Waals surface area (Å²) in [4.78, 5) is 17.4. The molecule has 1 aliphatic heterocycles. The molecule has 21 heavy (non-hydrogen) atoms. The highest BCUT2D eigenvalue weighted by Crippen LogP contribution is 2.33. The number of nitrogens with zero attached hydrogens (tertiary/aromatic N) is 1. The first kappa shape index (κ1) is 14.2. The van der Waals surface area contributed by atoms with E-state index < -0.39 is 0 Å². The molecule has 2 heterocycles. The van der Waals surface area contributed by atoms with Crippen molar-refractivity contribution in [1.82, 2.24) is 10.3 Å². The van der Waals surface area contributed by atoms with Crippen LogP contribution in [0.5, 0.6) is 0 Å². The van der Waals surface area contributed by atoms with Gasteiger partial charge in [-0.3, -0.25) is 9.78 Å². The van der Waals surface area contributed by atoms with E-state index in [4.69, 9.17) is 0 Å². The lowest BCUT2D eigenvalue weighted by Gasteiger charge is -2.26. The van der Waals surface area contributed by atoms with Crippen LogP contribution in [-0.2, 0) is 11.2 Å². The van der Waals surface area contributed by atoms with Crippen LogP contribution in [0.3, 0.4) is 0 Å². The number of Topliss-reactive ketones (excluding diaryl/α,β-unsaturated/α-hetero) is 1. The number of para-hydroxylation sites is 1. The van der Waals surface area contributed by atoms with E-state index in [2.05, 4.69) is 23.3 Å². The maximum absolute atomic E-state index is 12.8. The van der Waals surface area contributed by atoms with Crippen LogP contribution in [0.4, 0.5) is 0 Å². The predicted octanol–water partition coefficient (Wildman–Crippen LogP) is 3.13. The molecule has 1 aromatic carbocycles. The van der Waals surface area contributed by atoms with Crippen LogP contribution in [0, 0.1) is 5.41 Å². The van der Waals surface area contributed by atoms with Gasteiger partial charge in [-0.2, -0.15) is 0 Å². The molecule has 1 saturated heterocycles. The van der Waals surface area contributed by atoms with Gasteiger partial charge in [-0.15, -0.1) is 0 Å². The Labute approximate surface area is 125 Å². The number of nitrogens with one attached hydrogen (secondary N) is 1. The molecule has 3 nitrogen and oxygen atoms in total. The molecule has 0 saturated carbocycles. The van der Waals surface area contributed by atoms with E-state index in [1.165, 1.54) is 0 Å². The van der Waals surface area contributed by atoms with Crippen LogP contribution in [0.25, 0.3) is 10.9 Å². The summed E-state index contributed by atoms with van der Waals surface area (Å²) in [6.45, 7) is 3.94. The molecule has 0 bridgehead atoms. The van der Waals surface area contributed by atoms with Gasteiger partial charge < -0.3 is 5.32 Å². The van der Waals surface area contributed by atoms with Gasteiger partial charge >= 0.3 is 0 Å². The Kier molecular flexibility index (Phi) is 4.02. The lowest BCUT2D eigenvalue weighted by atomic mass is 9.77.